The van der Waals surface area contributed by atoms with Crippen LogP contribution < -0.4 is 5.32 Å². The van der Waals surface area contributed by atoms with E-state index in [1.807, 2.05) is 6.92 Å². The van der Waals surface area contributed by atoms with E-state index >= 15 is 0 Å². The van der Waals surface area contributed by atoms with E-state index in [2.05, 4.69) is 5.32 Å². The van der Waals surface area contributed by atoms with Crippen molar-refractivity contribution in [2.75, 3.05) is 19.8 Å². The fraction of sp³-hybridized carbons (Fsp3) is 0.571. The molecule has 1 heterocycles. The van der Waals surface area contributed by atoms with E-state index < -0.39 is 0 Å². The first-order valence-electron chi connectivity index (χ1n) is 6.48. The van der Waals surface area contributed by atoms with Gasteiger partial charge in [0.05, 0.1) is 6.61 Å². The van der Waals surface area contributed by atoms with Crippen molar-refractivity contribution in [3.05, 3.63) is 34.6 Å². The molecule has 0 bridgehead atoms. The molecule has 18 heavy (non-hydrogen) atoms. The molecule has 0 aromatic heterocycles. The molecule has 1 N–H and O–H groups in total. The van der Waals surface area contributed by atoms with E-state index in [0.717, 1.165) is 26.0 Å². The van der Waals surface area contributed by atoms with E-state index in [4.69, 9.17) is 16.3 Å². The Balaban J connectivity index is 2.22. The van der Waals surface area contributed by atoms with Gasteiger partial charge >= 0.3 is 0 Å². The first kappa shape index (κ1) is 13.8. The second-order valence-electron chi connectivity index (χ2n) is 4.68. The second-order valence-corrected chi connectivity index (χ2v) is 5.11. The molecule has 0 radical (unpaired) electrons. The van der Waals surface area contributed by atoms with Crippen molar-refractivity contribution in [1.82, 2.24) is 5.32 Å². The molecule has 4 heteroatoms. The molecule has 0 amide bonds. The highest BCUT2D eigenvalue weighted by Crippen LogP contribution is 2.31. The summed E-state index contributed by atoms with van der Waals surface area (Å²) in [6, 6.07) is 4.91. The monoisotopic (exact) mass is 271 g/mol. The van der Waals surface area contributed by atoms with Crippen molar-refractivity contribution in [3.8, 4) is 0 Å². The average molecular weight is 272 g/mol. The molecule has 2 unspecified atom stereocenters. The number of halogens is 2. The zero-order valence-electron chi connectivity index (χ0n) is 10.6. The summed E-state index contributed by atoms with van der Waals surface area (Å²) in [6.07, 6.45) is 2.11. The van der Waals surface area contributed by atoms with Gasteiger partial charge in [0.15, 0.2) is 0 Å². The average Bonchev–Trinajstić information content (AvgIpc) is 2.38. The lowest BCUT2D eigenvalue weighted by atomic mass is 9.88. The molecule has 0 spiro atoms. The van der Waals surface area contributed by atoms with Gasteiger partial charge in [-0.05, 0) is 31.5 Å². The summed E-state index contributed by atoms with van der Waals surface area (Å²) >= 11 is 5.80. The van der Waals surface area contributed by atoms with Crippen molar-refractivity contribution in [3.63, 3.8) is 0 Å². The summed E-state index contributed by atoms with van der Waals surface area (Å²) in [6.45, 7) is 4.35. The number of hydrogen-bond donors (Lipinski definition) is 1. The third kappa shape index (κ3) is 3.22. The maximum atomic E-state index is 14.0. The maximum Gasteiger partial charge on any atom is 0.129 e. The predicted octanol–water partition coefficient (Wildman–Crippen LogP) is 3.56. The molecule has 1 aliphatic heterocycles. The lowest BCUT2D eigenvalue weighted by Gasteiger charge is -2.31. The maximum absolute atomic E-state index is 14.0. The van der Waals surface area contributed by atoms with Gasteiger partial charge in [0.2, 0.25) is 0 Å². The van der Waals surface area contributed by atoms with Crippen molar-refractivity contribution >= 4 is 11.6 Å². The third-order valence-corrected chi connectivity index (χ3v) is 3.62. The lowest BCUT2D eigenvalue weighted by molar-refractivity contribution is 0.0387. The fourth-order valence-electron chi connectivity index (χ4n) is 2.53. The number of benzene rings is 1. The summed E-state index contributed by atoms with van der Waals surface area (Å²) in [5.41, 5.74) is 0.691. The highest BCUT2D eigenvalue weighted by Gasteiger charge is 2.26. The summed E-state index contributed by atoms with van der Waals surface area (Å²) < 4.78 is 19.5. The van der Waals surface area contributed by atoms with Crippen LogP contribution in [0.1, 0.15) is 31.4 Å². The van der Waals surface area contributed by atoms with Crippen molar-refractivity contribution in [1.29, 1.82) is 0 Å². The Labute approximate surface area is 112 Å². The normalized spacial score (nSPS) is 21.8. The molecule has 1 aliphatic rings. The summed E-state index contributed by atoms with van der Waals surface area (Å²) in [4.78, 5) is 0. The molecule has 2 atom stereocenters. The molecule has 2 rings (SSSR count). The Bertz CT molecular complexity index is 393. The topological polar surface area (TPSA) is 21.3 Å². The minimum Gasteiger partial charge on any atom is -0.381 e. The van der Waals surface area contributed by atoms with Gasteiger partial charge in [0.25, 0.3) is 0 Å². The Morgan fingerprint density at radius 2 is 2.39 bits per heavy atom. The Morgan fingerprint density at radius 3 is 3.00 bits per heavy atom. The van der Waals surface area contributed by atoms with Gasteiger partial charge < -0.3 is 10.1 Å². The highest BCUT2D eigenvalue weighted by molar-refractivity contribution is 6.30. The van der Waals surface area contributed by atoms with Gasteiger partial charge in [-0.3, -0.25) is 0 Å². The molecular formula is C14H19ClFNO. The number of hydrogen-bond acceptors (Lipinski definition) is 2. The van der Waals surface area contributed by atoms with E-state index in [0.29, 0.717) is 23.1 Å². The second kappa shape index (κ2) is 6.50. The first-order valence-corrected chi connectivity index (χ1v) is 6.86. The summed E-state index contributed by atoms with van der Waals surface area (Å²) in [5, 5.41) is 3.80. The van der Waals surface area contributed by atoms with E-state index in [9.17, 15) is 4.39 Å². The van der Waals surface area contributed by atoms with Gasteiger partial charge in [0, 0.05) is 29.2 Å². The molecule has 1 aromatic rings. The van der Waals surface area contributed by atoms with Crippen LogP contribution in [0.15, 0.2) is 18.2 Å². The lowest BCUT2D eigenvalue weighted by Crippen LogP contribution is -2.33. The van der Waals surface area contributed by atoms with Crippen LogP contribution in [0.25, 0.3) is 0 Å². The minimum atomic E-state index is -0.237. The first-order chi connectivity index (χ1) is 8.72. The van der Waals surface area contributed by atoms with E-state index in [1.165, 1.54) is 6.07 Å². The zero-order chi connectivity index (χ0) is 13.0. The third-order valence-electron chi connectivity index (χ3n) is 3.39. The van der Waals surface area contributed by atoms with Gasteiger partial charge in [0.1, 0.15) is 5.82 Å². The number of ether oxygens (including phenoxy) is 1. The SMILES string of the molecule is CCNC(c1ccc(Cl)cc1F)C1CCCOC1. The number of rotatable bonds is 4. The number of nitrogens with one attached hydrogen (secondary N) is 1. The van der Waals surface area contributed by atoms with Crippen LogP contribution >= 0.6 is 11.6 Å². The minimum absolute atomic E-state index is 0.00701. The van der Waals surface area contributed by atoms with Crippen LogP contribution in [0.2, 0.25) is 5.02 Å². The summed E-state index contributed by atoms with van der Waals surface area (Å²) in [5.74, 6) is 0.0911. The van der Waals surface area contributed by atoms with Gasteiger partial charge in [-0.1, -0.05) is 24.6 Å². The molecule has 0 saturated carbocycles. The predicted molar refractivity (Wildman–Crippen MR) is 71.4 cm³/mol. The van der Waals surface area contributed by atoms with E-state index in [-0.39, 0.29) is 11.9 Å². The quantitative estimate of drug-likeness (QED) is 0.904. The van der Waals surface area contributed by atoms with Crippen molar-refractivity contribution in [2.24, 2.45) is 5.92 Å². The standard InChI is InChI=1S/C14H19ClFNO/c1-2-17-14(10-4-3-7-18-9-10)12-6-5-11(15)8-13(12)16/h5-6,8,10,14,17H,2-4,7,9H2,1H3. The zero-order valence-corrected chi connectivity index (χ0v) is 11.3. The summed E-state index contributed by atoms with van der Waals surface area (Å²) in [7, 11) is 0. The van der Waals surface area contributed by atoms with Crippen molar-refractivity contribution in [2.45, 2.75) is 25.8 Å². The Morgan fingerprint density at radius 1 is 1.56 bits per heavy atom. The van der Waals surface area contributed by atoms with Crippen LogP contribution in [0.4, 0.5) is 4.39 Å². The molecule has 0 aliphatic carbocycles. The largest absolute Gasteiger partial charge is 0.381 e. The molecule has 2 nitrogen and oxygen atoms in total. The van der Waals surface area contributed by atoms with Crippen LogP contribution in [0, 0.1) is 11.7 Å². The van der Waals surface area contributed by atoms with Crippen LogP contribution in [0.5, 0.6) is 0 Å². The van der Waals surface area contributed by atoms with Crippen LogP contribution in [0.3, 0.4) is 0 Å². The van der Waals surface area contributed by atoms with Gasteiger partial charge in [-0.25, -0.2) is 4.39 Å². The molecule has 1 fully saturated rings. The van der Waals surface area contributed by atoms with Crippen molar-refractivity contribution < 1.29 is 9.13 Å². The van der Waals surface area contributed by atoms with E-state index in [1.54, 1.807) is 12.1 Å². The Hall–Kier alpha value is -0.640. The molecular weight excluding hydrogens is 253 g/mol. The molecule has 100 valence electrons. The van der Waals surface area contributed by atoms with Gasteiger partial charge in [-0.15, -0.1) is 0 Å². The van der Waals surface area contributed by atoms with Crippen LogP contribution in [-0.4, -0.2) is 19.8 Å². The molecule has 1 saturated heterocycles. The fourth-order valence-corrected chi connectivity index (χ4v) is 2.69. The molecule has 1 aromatic carbocycles. The Kier molecular flexibility index (Phi) is 4.98. The van der Waals surface area contributed by atoms with Gasteiger partial charge in [-0.2, -0.15) is 0 Å². The van der Waals surface area contributed by atoms with Crippen LogP contribution in [-0.2, 0) is 4.74 Å². The highest BCUT2D eigenvalue weighted by atomic mass is 35.5. The smallest absolute Gasteiger partial charge is 0.129 e.